The van der Waals surface area contributed by atoms with E-state index in [4.69, 9.17) is 9.47 Å². The summed E-state index contributed by atoms with van der Waals surface area (Å²) >= 11 is 0. The van der Waals surface area contributed by atoms with Crippen molar-refractivity contribution in [1.29, 1.82) is 0 Å². The summed E-state index contributed by atoms with van der Waals surface area (Å²) in [5.41, 5.74) is 3.01. The largest absolute Gasteiger partial charge is 0.456 e. The van der Waals surface area contributed by atoms with Crippen molar-refractivity contribution in [2.45, 2.75) is 33.6 Å². The van der Waals surface area contributed by atoms with E-state index >= 15 is 0 Å². The number of esters is 1. The van der Waals surface area contributed by atoms with E-state index in [9.17, 15) is 9.59 Å². The van der Waals surface area contributed by atoms with Crippen molar-refractivity contribution in [2.24, 2.45) is 0 Å². The fourth-order valence-corrected chi connectivity index (χ4v) is 2.19. The smallest absolute Gasteiger partial charge is 0.303 e. The van der Waals surface area contributed by atoms with Crippen LogP contribution in [0.3, 0.4) is 0 Å². The molecule has 0 saturated carbocycles. The van der Waals surface area contributed by atoms with Crippen LogP contribution < -0.4 is 4.90 Å². The van der Waals surface area contributed by atoms with Gasteiger partial charge in [0, 0.05) is 14.0 Å². The van der Waals surface area contributed by atoms with Crippen LogP contribution in [0.15, 0.2) is 18.2 Å². The fourth-order valence-electron chi connectivity index (χ4n) is 2.19. The Morgan fingerprint density at radius 2 is 1.71 bits per heavy atom. The molecular formula is C16H23NO4. The predicted molar refractivity (Wildman–Crippen MR) is 81.2 cm³/mol. The summed E-state index contributed by atoms with van der Waals surface area (Å²) in [5, 5.41) is 0. The molecule has 0 fully saturated rings. The SMILES string of the molecule is CCc1cccc(CC)c1N(COC)C(=O)COC(C)=O. The van der Waals surface area contributed by atoms with Gasteiger partial charge in [0.2, 0.25) is 0 Å². The molecule has 0 saturated heterocycles. The van der Waals surface area contributed by atoms with Gasteiger partial charge in [-0.05, 0) is 24.0 Å². The first-order valence-electron chi connectivity index (χ1n) is 7.08. The average molecular weight is 293 g/mol. The van der Waals surface area contributed by atoms with Crippen molar-refractivity contribution >= 4 is 17.6 Å². The molecular weight excluding hydrogens is 270 g/mol. The third kappa shape index (κ3) is 4.56. The molecule has 0 spiro atoms. The lowest BCUT2D eigenvalue weighted by Gasteiger charge is -2.26. The van der Waals surface area contributed by atoms with E-state index in [0.29, 0.717) is 0 Å². The Morgan fingerprint density at radius 1 is 1.14 bits per heavy atom. The maximum absolute atomic E-state index is 12.3. The minimum atomic E-state index is -0.472. The number of anilines is 1. The number of benzene rings is 1. The molecule has 0 aliphatic carbocycles. The molecule has 0 radical (unpaired) electrons. The lowest BCUT2D eigenvalue weighted by atomic mass is 10.0. The van der Waals surface area contributed by atoms with Gasteiger partial charge in [-0.25, -0.2) is 0 Å². The third-order valence-corrected chi connectivity index (χ3v) is 3.19. The number of nitrogens with zero attached hydrogens (tertiary/aromatic N) is 1. The second-order valence-electron chi connectivity index (χ2n) is 4.65. The van der Waals surface area contributed by atoms with Gasteiger partial charge in [0.05, 0.1) is 5.69 Å². The lowest BCUT2D eigenvalue weighted by molar-refractivity contribution is -0.145. The van der Waals surface area contributed by atoms with Crippen molar-refractivity contribution in [3.05, 3.63) is 29.3 Å². The van der Waals surface area contributed by atoms with Crippen molar-refractivity contribution in [3.8, 4) is 0 Å². The van der Waals surface area contributed by atoms with Crippen LogP contribution in [-0.4, -0.2) is 32.3 Å². The van der Waals surface area contributed by atoms with Crippen LogP contribution in [0.4, 0.5) is 5.69 Å². The molecule has 0 atom stereocenters. The Hall–Kier alpha value is -1.88. The van der Waals surface area contributed by atoms with Gasteiger partial charge in [0.15, 0.2) is 6.61 Å². The van der Waals surface area contributed by atoms with E-state index in [1.165, 1.54) is 14.0 Å². The van der Waals surface area contributed by atoms with Gasteiger partial charge in [0.25, 0.3) is 5.91 Å². The molecule has 0 heterocycles. The molecule has 0 unspecified atom stereocenters. The number of amides is 1. The van der Waals surface area contributed by atoms with Crippen molar-refractivity contribution < 1.29 is 19.1 Å². The highest BCUT2D eigenvalue weighted by atomic mass is 16.5. The van der Waals surface area contributed by atoms with Crippen LogP contribution in [0.25, 0.3) is 0 Å². The molecule has 1 rings (SSSR count). The number of carbonyl (C=O) groups is 2. The van der Waals surface area contributed by atoms with Gasteiger partial charge in [-0.1, -0.05) is 32.0 Å². The molecule has 5 nitrogen and oxygen atoms in total. The van der Waals surface area contributed by atoms with Gasteiger partial charge in [0.1, 0.15) is 6.73 Å². The zero-order chi connectivity index (χ0) is 15.8. The zero-order valence-electron chi connectivity index (χ0n) is 13.1. The van der Waals surface area contributed by atoms with Crippen LogP contribution in [-0.2, 0) is 31.9 Å². The highest BCUT2D eigenvalue weighted by Crippen LogP contribution is 2.27. The Morgan fingerprint density at radius 3 is 2.14 bits per heavy atom. The normalized spacial score (nSPS) is 10.3. The monoisotopic (exact) mass is 293 g/mol. The summed E-state index contributed by atoms with van der Waals surface area (Å²) in [6, 6.07) is 5.98. The summed E-state index contributed by atoms with van der Waals surface area (Å²) in [5.74, 6) is -0.761. The number of ether oxygens (including phenoxy) is 2. The molecule has 0 aliphatic rings. The second-order valence-corrected chi connectivity index (χ2v) is 4.65. The number of carbonyl (C=O) groups excluding carboxylic acids is 2. The first kappa shape index (κ1) is 17.2. The first-order valence-corrected chi connectivity index (χ1v) is 7.08. The van der Waals surface area contributed by atoms with E-state index in [1.807, 2.05) is 32.0 Å². The molecule has 21 heavy (non-hydrogen) atoms. The van der Waals surface area contributed by atoms with E-state index < -0.39 is 5.97 Å². The number of methoxy groups -OCH3 is 1. The Balaban J connectivity index is 3.15. The molecule has 116 valence electrons. The summed E-state index contributed by atoms with van der Waals surface area (Å²) in [6.45, 7) is 5.22. The number of hydrogen-bond acceptors (Lipinski definition) is 4. The van der Waals surface area contributed by atoms with Crippen LogP contribution >= 0.6 is 0 Å². The number of aryl methyl sites for hydroxylation is 2. The van der Waals surface area contributed by atoms with Gasteiger partial charge >= 0.3 is 5.97 Å². The van der Waals surface area contributed by atoms with Crippen molar-refractivity contribution in [3.63, 3.8) is 0 Å². The Bertz CT molecular complexity index is 477. The van der Waals surface area contributed by atoms with Crippen LogP contribution in [0.5, 0.6) is 0 Å². The minimum Gasteiger partial charge on any atom is -0.456 e. The molecule has 1 aromatic carbocycles. The van der Waals surface area contributed by atoms with Crippen LogP contribution in [0.1, 0.15) is 31.9 Å². The number of para-hydroxylation sites is 1. The third-order valence-electron chi connectivity index (χ3n) is 3.19. The number of rotatable bonds is 7. The fraction of sp³-hybridized carbons (Fsp3) is 0.500. The van der Waals surface area contributed by atoms with E-state index in [0.717, 1.165) is 29.7 Å². The minimum absolute atomic E-state index is 0.129. The van der Waals surface area contributed by atoms with Gasteiger partial charge in [-0.3, -0.25) is 14.5 Å². The van der Waals surface area contributed by atoms with Crippen LogP contribution in [0.2, 0.25) is 0 Å². The maximum atomic E-state index is 12.3. The topological polar surface area (TPSA) is 55.8 Å². The average Bonchev–Trinajstić information content (AvgIpc) is 2.49. The standard InChI is InChI=1S/C16H23NO4/c1-5-13-8-7-9-14(6-2)16(13)17(11-20-4)15(19)10-21-12(3)18/h7-9H,5-6,10-11H2,1-4H3. The molecule has 0 aliphatic heterocycles. The van der Waals surface area contributed by atoms with Gasteiger partial charge < -0.3 is 9.47 Å². The maximum Gasteiger partial charge on any atom is 0.303 e. The summed E-state index contributed by atoms with van der Waals surface area (Å²) in [6.07, 6.45) is 1.62. The summed E-state index contributed by atoms with van der Waals surface area (Å²) in [4.78, 5) is 24.8. The van der Waals surface area contributed by atoms with Crippen LogP contribution in [0, 0.1) is 0 Å². The molecule has 0 N–H and O–H groups in total. The van der Waals surface area contributed by atoms with E-state index in [1.54, 1.807) is 4.90 Å². The number of hydrogen-bond donors (Lipinski definition) is 0. The van der Waals surface area contributed by atoms with E-state index in [2.05, 4.69) is 0 Å². The predicted octanol–water partition coefficient (Wildman–Crippen LogP) is 2.31. The highest BCUT2D eigenvalue weighted by molar-refractivity contribution is 5.96. The molecule has 0 aromatic heterocycles. The van der Waals surface area contributed by atoms with Crippen molar-refractivity contribution in [2.75, 3.05) is 25.3 Å². The summed E-state index contributed by atoms with van der Waals surface area (Å²) < 4.78 is 9.96. The quantitative estimate of drug-likeness (QED) is 0.572. The second kappa shape index (κ2) is 8.42. The van der Waals surface area contributed by atoms with E-state index in [-0.39, 0.29) is 19.2 Å². The Labute approximate surface area is 125 Å². The zero-order valence-corrected chi connectivity index (χ0v) is 13.1. The lowest BCUT2D eigenvalue weighted by Crippen LogP contribution is -2.37. The molecule has 1 amide bonds. The first-order chi connectivity index (χ1) is 10.0. The summed E-state index contributed by atoms with van der Waals surface area (Å²) in [7, 11) is 1.53. The Kier molecular flexibility index (Phi) is 6.88. The molecule has 0 bridgehead atoms. The highest BCUT2D eigenvalue weighted by Gasteiger charge is 2.21. The molecule has 1 aromatic rings. The molecule has 5 heteroatoms. The van der Waals surface area contributed by atoms with Crippen molar-refractivity contribution in [1.82, 2.24) is 0 Å². The van der Waals surface area contributed by atoms with Gasteiger partial charge in [-0.2, -0.15) is 0 Å². The van der Waals surface area contributed by atoms with Gasteiger partial charge in [-0.15, -0.1) is 0 Å².